The van der Waals surface area contributed by atoms with Gasteiger partial charge in [0.15, 0.2) is 11.5 Å². The van der Waals surface area contributed by atoms with E-state index in [0.717, 1.165) is 18.5 Å². The minimum atomic E-state index is -3.68. The van der Waals surface area contributed by atoms with Gasteiger partial charge >= 0.3 is 0 Å². The quantitative estimate of drug-likeness (QED) is 0.567. The van der Waals surface area contributed by atoms with Gasteiger partial charge in [-0.1, -0.05) is 31.5 Å². The zero-order valence-electron chi connectivity index (χ0n) is 19.0. The summed E-state index contributed by atoms with van der Waals surface area (Å²) in [6.07, 6.45) is 2.92. The maximum atomic E-state index is 13.3. The number of carbonyl (C=O) groups excluding carboxylic acids is 1. The Balaban J connectivity index is 1.71. The third-order valence-electron chi connectivity index (χ3n) is 5.87. The zero-order chi connectivity index (χ0) is 23.1. The van der Waals surface area contributed by atoms with Crippen molar-refractivity contribution in [2.24, 2.45) is 5.92 Å². The van der Waals surface area contributed by atoms with E-state index in [1.54, 1.807) is 6.07 Å². The smallest absolute Gasteiger partial charge is 0.243 e. The minimum Gasteiger partial charge on any atom is -0.493 e. The van der Waals surface area contributed by atoms with E-state index in [0.29, 0.717) is 44.0 Å². The molecule has 3 rings (SSSR count). The number of methoxy groups -OCH3 is 2. The Kier molecular flexibility index (Phi) is 8.15. The molecular formula is C24H32N2O5S. The second-order valence-electron chi connectivity index (χ2n) is 7.87. The van der Waals surface area contributed by atoms with Crippen LogP contribution in [-0.4, -0.2) is 52.5 Å². The highest BCUT2D eigenvalue weighted by atomic mass is 32.2. The number of ether oxygens (including phenoxy) is 2. The predicted octanol–water partition coefficient (Wildman–Crippen LogP) is 3.94. The van der Waals surface area contributed by atoms with Gasteiger partial charge in [-0.05, 0) is 43.5 Å². The molecule has 2 aromatic carbocycles. The Hall–Kier alpha value is -2.58. The molecule has 7 nitrogen and oxygen atoms in total. The molecule has 1 aliphatic heterocycles. The van der Waals surface area contributed by atoms with Gasteiger partial charge in [-0.3, -0.25) is 4.79 Å². The van der Waals surface area contributed by atoms with E-state index in [4.69, 9.17) is 9.47 Å². The molecule has 2 aromatic rings. The first-order chi connectivity index (χ1) is 15.4. The molecule has 1 amide bonds. The van der Waals surface area contributed by atoms with Crippen LogP contribution in [0.15, 0.2) is 53.4 Å². The van der Waals surface area contributed by atoms with Gasteiger partial charge in [0.25, 0.3) is 0 Å². The number of sulfonamides is 1. The number of hydrogen-bond donors (Lipinski definition) is 0. The summed E-state index contributed by atoms with van der Waals surface area (Å²) < 4.78 is 38.2. The number of anilines is 1. The van der Waals surface area contributed by atoms with Crippen LogP contribution in [-0.2, 0) is 14.8 Å². The van der Waals surface area contributed by atoms with E-state index in [1.807, 2.05) is 35.2 Å². The topological polar surface area (TPSA) is 76.2 Å². The number of benzene rings is 2. The molecule has 0 aromatic heterocycles. The Morgan fingerprint density at radius 3 is 2.28 bits per heavy atom. The van der Waals surface area contributed by atoms with Crippen molar-refractivity contribution in [1.82, 2.24) is 4.31 Å². The third kappa shape index (κ3) is 5.24. The van der Waals surface area contributed by atoms with Crippen LogP contribution in [0.3, 0.4) is 0 Å². The van der Waals surface area contributed by atoms with Gasteiger partial charge in [0, 0.05) is 37.3 Å². The molecular weight excluding hydrogens is 428 g/mol. The molecule has 1 fully saturated rings. The number of rotatable bonds is 9. The van der Waals surface area contributed by atoms with Crippen molar-refractivity contribution in [3.05, 3.63) is 48.5 Å². The van der Waals surface area contributed by atoms with E-state index < -0.39 is 10.0 Å². The van der Waals surface area contributed by atoms with Crippen molar-refractivity contribution in [2.75, 3.05) is 38.8 Å². The molecule has 0 radical (unpaired) electrons. The van der Waals surface area contributed by atoms with E-state index in [2.05, 4.69) is 6.92 Å². The van der Waals surface area contributed by atoms with Crippen LogP contribution in [0.4, 0.5) is 5.69 Å². The fraction of sp³-hybridized carbons (Fsp3) is 0.458. The zero-order valence-corrected chi connectivity index (χ0v) is 19.8. The summed E-state index contributed by atoms with van der Waals surface area (Å²) in [4.78, 5) is 15.3. The van der Waals surface area contributed by atoms with Crippen molar-refractivity contribution in [3.8, 4) is 11.5 Å². The van der Waals surface area contributed by atoms with Crippen molar-refractivity contribution >= 4 is 21.6 Å². The highest BCUT2D eigenvalue weighted by Gasteiger charge is 2.34. The van der Waals surface area contributed by atoms with E-state index >= 15 is 0 Å². The summed E-state index contributed by atoms with van der Waals surface area (Å²) in [5, 5.41) is 0. The Bertz CT molecular complexity index is 1000. The number of nitrogens with zero attached hydrogens (tertiary/aromatic N) is 2. The molecule has 8 heteroatoms. The molecule has 1 saturated heterocycles. The first kappa shape index (κ1) is 24.1. The summed E-state index contributed by atoms with van der Waals surface area (Å²) in [6.45, 7) is 3.39. The number of carbonyl (C=O) groups is 1. The van der Waals surface area contributed by atoms with Crippen LogP contribution in [0.25, 0.3) is 0 Å². The second-order valence-corrected chi connectivity index (χ2v) is 9.81. The monoisotopic (exact) mass is 460 g/mol. The lowest BCUT2D eigenvalue weighted by atomic mass is 9.96. The number of hydrogen-bond acceptors (Lipinski definition) is 5. The Morgan fingerprint density at radius 2 is 1.69 bits per heavy atom. The summed E-state index contributed by atoms with van der Waals surface area (Å²) >= 11 is 0. The van der Waals surface area contributed by atoms with E-state index in [1.165, 1.54) is 30.7 Å². The van der Waals surface area contributed by atoms with Gasteiger partial charge < -0.3 is 14.4 Å². The van der Waals surface area contributed by atoms with Crippen LogP contribution < -0.4 is 14.4 Å². The summed E-state index contributed by atoms with van der Waals surface area (Å²) in [5.41, 5.74) is 0.895. The van der Waals surface area contributed by atoms with Crippen molar-refractivity contribution in [3.63, 3.8) is 0 Å². The molecule has 1 heterocycles. The summed E-state index contributed by atoms with van der Waals surface area (Å²) in [7, 11) is -0.701. The maximum absolute atomic E-state index is 13.3. The second kappa shape index (κ2) is 10.8. The van der Waals surface area contributed by atoms with Crippen molar-refractivity contribution in [2.45, 2.75) is 37.5 Å². The van der Waals surface area contributed by atoms with Crippen molar-refractivity contribution in [1.29, 1.82) is 0 Å². The first-order valence-corrected chi connectivity index (χ1v) is 12.4. The molecule has 0 saturated carbocycles. The lowest BCUT2D eigenvalue weighted by molar-refractivity contribution is -0.123. The lowest BCUT2D eigenvalue weighted by Gasteiger charge is -2.34. The van der Waals surface area contributed by atoms with Gasteiger partial charge in [-0.2, -0.15) is 4.31 Å². The maximum Gasteiger partial charge on any atom is 0.243 e. The van der Waals surface area contributed by atoms with Crippen LogP contribution in [0.5, 0.6) is 11.5 Å². The molecule has 0 bridgehead atoms. The Labute approximate surface area is 191 Å². The first-order valence-electron chi connectivity index (χ1n) is 11.0. The van der Waals surface area contributed by atoms with Gasteiger partial charge in [0.2, 0.25) is 15.9 Å². The summed E-state index contributed by atoms with van der Waals surface area (Å²) in [6, 6.07) is 14.3. The molecule has 1 aliphatic rings. The molecule has 0 aliphatic carbocycles. The fourth-order valence-electron chi connectivity index (χ4n) is 3.98. The lowest BCUT2D eigenvalue weighted by Crippen LogP contribution is -2.44. The van der Waals surface area contributed by atoms with Gasteiger partial charge in [-0.15, -0.1) is 0 Å². The largest absolute Gasteiger partial charge is 0.493 e. The van der Waals surface area contributed by atoms with Crippen LogP contribution in [0, 0.1) is 5.92 Å². The SMILES string of the molecule is CCCCN(C(=O)C1CCN(S(=O)(=O)c2ccc(OC)c(OC)c2)CC1)c1ccccc1. The Morgan fingerprint density at radius 1 is 1.03 bits per heavy atom. The van der Waals surface area contributed by atoms with Crippen LogP contribution in [0.2, 0.25) is 0 Å². The van der Waals surface area contributed by atoms with E-state index in [-0.39, 0.29) is 16.7 Å². The van der Waals surface area contributed by atoms with Gasteiger partial charge in [0.1, 0.15) is 0 Å². The standard InChI is InChI=1S/C24H32N2O5S/c1-4-5-15-26(20-9-7-6-8-10-20)24(27)19-13-16-25(17-14-19)32(28,29)21-11-12-22(30-2)23(18-21)31-3/h6-12,18-19H,4-5,13-17H2,1-3H3. The van der Waals surface area contributed by atoms with Crippen LogP contribution >= 0.6 is 0 Å². The van der Waals surface area contributed by atoms with Crippen LogP contribution in [0.1, 0.15) is 32.6 Å². The average Bonchev–Trinajstić information content (AvgIpc) is 2.84. The summed E-state index contributed by atoms with van der Waals surface area (Å²) in [5.74, 6) is 0.730. The van der Waals surface area contributed by atoms with E-state index in [9.17, 15) is 13.2 Å². The molecule has 0 spiro atoms. The fourth-order valence-corrected chi connectivity index (χ4v) is 5.47. The molecule has 174 valence electrons. The number of para-hydroxylation sites is 1. The molecule has 0 unspecified atom stereocenters. The molecule has 32 heavy (non-hydrogen) atoms. The average molecular weight is 461 g/mol. The predicted molar refractivity (Wildman–Crippen MR) is 125 cm³/mol. The molecule has 0 N–H and O–H groups in total. The normalized spacial score (nSPS) is 15.3. The highest BCUT2D eigenvalue weighted by Crippen LogP contribution is 2.32. The highest BCUT2D eigenvalue weighted by molar-refractivity contribution is 7.89. The number of amides is 1. The number of piperidine rings is 1. The third-order valence-corrected chi connectivity index (χ3v) is 7.76. The van der Waals surface area contributed by atoms with Gasteiger partial charge in [-0.25, -0.2) is 8.42 Å². The minimum absolute atomic E-state index is 0.0767. The number of unbranched alkanes of at least 4 members (excludes halogenated alkanes) is 1. The van der Waals surface area contributed by atoms with Gasteiger partial charge in [0.05, 0.1) is 19.1 Å². The molecule has 0 atom stereocenters. The van der Waals surface area contributed by atoms with Crippen molar-refractivity contribution < 1.29 is 22.7 Å².